The maximum atomic E-state index is 14.3. The second-order valence-electron chi connectivity index (χ2n) is 6.94. The normalized spacial score (nSPS) is 10.9. The molecular weight excluding hydrogens is 353 g/mol. The van der Waals surface area contributed by atoms with Gasteiger partial charge in [0, 0.05) is 18.7 Å². The van der Waals surface area contributed by atoms with Crippen molar-refractivity contribution in [3.05, 3.63) is 71.7 Å². The van der Waals surface area contributed by atoms with Gasteiger partial charge >= 0.3 is 0 Å². The van der Waals surface area contributed by atoms with Gasteiger partial charge in [0.1, 0.15) is 11.5 Å². The van der Waals surface area contributed by atoms with Crippen molar-refractivity contribution >= 4 is 5.91 Å². The summed E-state index contributed by atoms with van der Waals surface area (Å²) in [6.07, 6.45) is 1.76. The maximum Gasteiger partial charge on any atom is 0.272 e. The van der Waals surface area contributed by atoms with Crippen LogP contribution in [0.3, 0.4) is 0 Å². The van der Waals surface area contributed by atoms with Crippen LogP contribution in [0.25, 0.3) is 16.9 Å². The van der Waals surface area contributed by atoms with Gasteiger partial charge in [-0.15, -0.1) is 0 Å². The van der Waals surface area contributed by atoms with Crippen molar-refractivity contribution in [2.24, 2.45) is 0 Å². The quantitative estimate of drug-likeness (QED) is 0.562. The van der Waals surface area contributed by atoms with Crippen molar-refractivity contribution in [1.29, 1.82) is 0 Å². The molecule has 0 N–H and O–H groups in total. The van der Waals surface area contributed by atoms with Gasteiger partial charge in [-0.05, 0) is 55.7 Å². The Bertz CT molecular complexity index is 958. The van der Waals surface area contributed by atoms with Crippen molar-refractivity contribution in [2.75, 3.05) is 13.1 Å². The van der Waals surface area contributed by atoms with Gasteiger partial charge in [0.25, 0.3) is 5.91 Å². The van der Waals surface area contributed by atoms with E-state index in [0.29, 0.717) is 30.0 Å². The number of hydrogen-bond donors (Lipinski definition) is 0. The largest absolute Gasteiger partial charge is 0.337 e. The van der Waals surface area contributed by atoms with E-state index >= 15 is 0 Å². The van der Waals surface area contributed by atoms with E-state index in [2.05, 4.69) is 18.9 Å². The second kappa shape index (κ2) is 8.83. The van der Waals surface area contributed by atoms with E-state index in [1.54, 1.807) is 28.9 Å². The van der Waals surface area contributed by atoms with Crippen LogP contribution in [0.5, 0.6) is 0 Å². The number of rotatable bonds is 7. The van der Waals surface area contributed by atoms with Gasteiger partial charge in [-0.1, -0.05) is 38.1 Å². The highest BCUT2D eigenvalue weighted by atomic mass is 19.1. The molecule has 0 aliphatic rings. The lowest BCUT2D eigenvalue weighted by Gasteiger charge is -2.21. The molecule has 0 spiro atoms. The van der Waals surface area contributed by atoms with Gasteiger partial charge in [-0.3, -0.25) is 4.79 Å². The van der Waals surface area contributed by atoms with Gasteiger partial charge in [0.2, 0.25) is 0 Å². The Kier molecular flexibility index (Phi) is 6.24. The fourth-order valence-corrected chi connectivity index (χ4v) is 3.31. The summed E-state index contributed by atoms with van der Waals surface area (Å²) in [4.78, 5) is 15.1. The minimum atomic E-state index is -0.352. The van der Waals surface area contributed by atoms with E-state index in [4.69, 9.17) is 0 Å². The van der Waals surface area contributed by atoms with Gasteiger partial charge in [-0.2, -0.15) is 5.10 Å². The predicted octanol–water partition coefficient (Wildman–Crippen LogP) is 5.25. The minimum absolute atomic E-state index is 0.0831. The Hall–Kier alpha value is -2.95. The molecular formula is C23H26FN3O. The number of nitrogens with zero attached hydrogens (tertiary/aromatic N) is 3. The molecule has 1 heterocycles. The highest BCUT2D eigenvalue weighted by Crippen LogP contribution is 2.25. The lowest BCUT2D eigenvalue weighted by Crippen LogP contribution is -2.33. The number of benzene rings is 2. The number of carbonyl (C=O) groups is 1. The van der Waals surface area contributed by atoms with Crippen molar-refractivity contribution < 1.29 is 9.18 Å². The Morgan fingerprint density at radius 1 is 1.04 bits per heavy atom. The monoisotopic (exact) mass is 379 g/mol. The number of halogens is 1. The second-order valence-corrected chi connectivity index (χ2v) is 6.94. The van der Waals surface area contributed by atoms with Crippen LogP contribution >= 0.6 is 0 Å². The Labute approximate surface area is 165 Å². The first-order valence-electron chi connectivity index (χ1n) is 9.76. The summed E-state index contributed by atoms with van der Waals surface area (Å²) in [5.41, 5.74) is 3.15. The topological polar surface area (TPSA) is 38.1 Å². The molecule has 4 nitrogen and oxygen atoms in total. The van der Waals surface area contributed by atoms with E-state index in [0.717, 1.165) is 24.1 Å². The predicted molar refractivity (Wildman–Crippen MR) is 110 cm³/mol. The standard InChI is InChI=1S/C23H26FN3O/c1-4-13-26(14-5-2)23(28)22-16-21(19-11-6-7-12-20(19)24)25-27(22)18-10-8-9-17(3)15-18/h6-12,15-16H,4-5,13-14H2,1-3H3. The molecule has 0 bridgehead atoms. The first kappa shape index (κ1) is 19.8. The summed E-state index contributed by atoms with van der Waals surface area (Å²) in [5.74, 6) is -0.436. The average Bonchev–Trinajstić information content (AvgIpc) is 3.13. The van der Waals surface area contributed by atoms with Crippen molar-refractivity contribution in [3.63, 3.8) is 0 Å². The van der Waals surface area contributed by atoms with Crippen LogP contribution < -0.4 is 0 Å². The summed E-state index contributed by atoms with van der Waals surface area (Å²) in [6, 6.07) is 16.0. The summed E-state index contributed by atoms with van der Waals surface area (Å²) >= 11 is 0. The van der Waals surface area contributed by atoms with Crippen LogP contribution in [-0.4, -0.2) is 33.7 Å². The van der Waals surface area contributed by atoms with E-state index in [1.807, 2.05) is 36.1 Å². The third-order valence-electron chi connectivity index (χ3n) is 4.60. The number of amides is 1. The Balaban J connectivity index is 2.14. The number of carbonyl (C=O) groups excluding carboxylic acids is 1. The van der Waals surface area contributed by atoms with Crippen LogP contribution in [0, 0.1) is 12.7 Å². The molecule has 0 aliphatic heterocycles. The molecule has 28 heavy (non-hydrogen) atoms. The molecule has 1 aromatic heterocycles. The first-order valence-corrected chi connectivity index (χ1v) is 9.76. The molecule has 0 saturated heterocycles. The average molecular weight is 379 g/mol. The van der Waals surface area contributed by atoms with Crippen molar-refractivity contribution in [1.82, 2.24) is 14.7 Å². The van der Waals surface area contributed by atoms with Gasteiger partial charge in [-0.25, -0.2) is 9.07 Å². The van der Waals surface area contributed by atoms with E-state index in [9.17, 15) is 9.18 Å². The zero-order valence-electron chi connectivity index (χ0n) is 16.7. The molecule has 3 rings (SSSR count). The highest BCUT2D eigenvalue weighted by Gasteiger charge is 2.23. The number of aryl methyl sites for hydroxylation is 1. The molecule has 2 aromatic carbocycles. The zero-order chi connectivity index (χ0) is 20.1. The lowest BCUT2D eigenvalue weighted by molar-refractivity contribution is 0.0746. The number of aromatic nitrogens is 2. The molecule has 1 amide bonds. The molecule has 0 saturated carbocycles. The van der Waals surface area contributed by atoms with Crippen LogP contribution in [0.15, 0.2) is 54.6 Å². The minimum Gasteiger partial charge on any atom is -0.337 e. The third kappa shape index (κ3) is 4.14. The van der Waals surface area contributed by atoms with E-state index < -0.39 is 0 Å². The Morgan fingerprint density at radius 3 is 2.39 bits per heavy atom. The number of hydrogen-bond acceptors (Lipinski definition) is 2. The molecule has 3 aromatic rings. The van der Waals surface area contributed by atoms with Crippen molar-refractivity contribution in [2.45, 2.75) is 33.6 Å². The molecule has 0 fully saturated rings. The SMILES string of the molecule is CCCN(CCC)C(=O)c1cc(-c2ccccc2F)nn1-c1cccc(C)c1. The molecule has 0 atom stereocenters. The molecule has 5 heteroatoms. The third-order valence-corrected chi connectivity index (χ3v) is 4.60. The molecule has 0 unspecified atom stereocenters. The van der Waals surface area contributed by atoms with Crippen LogP contribution in [0.2, 0.25) is 0 Å². The molecule has 0 aliphatic carbocycles. The van der Waals surface area contributed by atoms with Gasteiger partial charge in [0.15, 0.2) is 0 Å². The molecule has 0 radical (unpaired) electrons. The summed E-state index contributed by atoms with van der Waals surface area (Å²) in [6.45, 7) is 7.46. The summed E-state index contributed by atoms with van der Waals surface area (Å²) < 4.78 is 16.0. The van der Waals surface area contributed by atoms with E-state index in [-0.39, 0.29) is 11.7 Å². The maximum absolute atomic E-state index is 14.3. The van der Waals surface area contributed by atoms with Gasteiger partial charge < -0.3 is 4.90 Å². The summed E-state index contributed by atoms with van der Waals surface area (Å²) in [5, 5.41) is 4.61. The Morgan fingerprint density at radius 2 is 1.75 bits per heavy atom. The van der Waals surface area contributed by atoms with Crippen LogP contribution in [0.1, 0.15) is 42.7 Å². The first-order chi connectivity index (χ1) is 13.5. The van der Waals surface area contributed by atoms with Crippen molar-refractivity contribution in [3.8, 4) is 16.9 Å². The fourth-order valence-electron chi connectivity index (χ4n) is 3.31. The van der Waals surface area contributed by atoms with Crippen LogP contribution in [-0.2, 0) is 0 Å². The highest BCUT2D eigenvalue weighted by molar-refractivity contribution is 5.94. The smallest absolute Gasteiger partial charge is 0.272 e. The van der Waals surface area contributed by atoms with Gasteiger partial charge in [0.05, 0.1) is 11.4 Å². The van der Waals surface area contributed by atoms with E-state index in [1.165, 1.54) is 6.07 Å². The zero-order valence-corrected chi connectivity index (χ0v) is 16.7. The fraction of sp³-hybridized carbons (Fsp3) is 0.304. The molecule has 146 valence electrons. The summed E-state index contributed by atoms with van der Waals surface area (Å²) in [7, 11) is 0. The lowest BCUT2D eigenvalue weighted by atomic mass is 10.1. The van der Waals surface area contributed by atoms with Crippen LogP contribution in [0.4, 0.5) is 4.39 Å².